The molecule has 20 heavy (non-hydrogen) atoms. The number of carbonyl (C=O) groups excluding carboxylic acids is 1. The molecule has 0 aromatic heterocycles. The smallest absolute Gasteiger partial charge is 0.311 e. The molecule has 0 aromatic carbocycles. The number of aliphatic carboxylic acids is 1. The van der Waals surface area contributed by atoms with E-state index in [2.05, 4.69) is 5.32 Å². The fraction of sp³-hybridized carbons (Fsp3) is 0.867. The minimum Gasteiger partial charge on any atom is -0.481 e. The molecule has 0 saturated heterocycles. The zero-order valence-electron chi connectivity index (χ0n) is 12.0. The van der Waals surface area contributed by atoms with E-state index in [0.29, 0.717) is 12.8 Å². The predicted octanol–water partition coefficient (Wildman–Crippen LogP) is 2.10. The molecule has 1 amide bonds. The molecule has 0 unspecified atom stereocenters. The number of rotatable bonds is 6. The number of carboxylic acid groups (broad SMARTS) is 1. The maximum absolute atomic E-state index is 11.8. The molecule has 2 N–H and O–H groups in total. The van der Waals surface area contributed by atoms with Crippen molar-refractivity contribution in [2.45, 2.75) is 63.9 Å². The molecular weight excluding hydrogens is 258 g/mol. The van der Waals surface area contributed by atoms with E-state index in [9.17, 15) is 14.7 Å². The first-order valence-corrected chi connectivity index (χ1v) is 7.74. The van der Waals surface area contributed by atoms with Crippen LogP contribution in [0.2, 0.25) is 0 Å². The minimum absolute atomic E-state index is 0.0559. The number of hydrogen-bond donors (Lipinski definition) is 2. The van der Waals surface area contributed by atoms with Crippen LogP contribution in [0.3, 0.4) is 0 Å². The van der Waals surface area contributed by atoms with Crippen molar-refractivity contribution < 1.29 is 19.4 Å². The van der Waals surface area contributed by atoms with Crippen LogP contribution in [-0.2, 0) is 14.3 Å². The van der Waals surface area contributed by atoms with Crippen molar-refractivity contribution >= 4 is 11.9 Å². The van der Waals surface area contributed by atoms with Gasteiger partial charge in [-0.2, -0.15) is 0 Å². The summed E-state index contributed by atoms with van der Waals surface area (Å²) in [4.78, 5) is 23.3. The van der Waals surface area contributed by atoms with E-state index >= 15 is 0 Å². The molecule has 0 radical (unpaired) electrons. The Labute approximate surface area is 120 Å². The van der Waals surface area contributed by atoms with E-state index in [-0.39, 0.29) is 25.2 Å². The van der Waals surface area contributed by atoms with Gasteiger partial charge in [0.2, 0.25) is 5.91 Å². The van der Waals surface area contributed by atoms with Gasteiger partial charge in [-0.1, -0.05) is 32.1 Å². The molecule has 2 fully saturated rings. The average Bonchev–Trinajstić information content (AvgIpc) is 2.97. The van der Waals surface area contributed by atoms with E-state index in [1.54, 1.807) is 0 Å². The number of carbonyl (C=O) groups is 2. The summed E-state index contributed by atoms with van der Waals surface area (Å²) in [6.45, 7) is 0.287. The highest BCUT2D eigenvalue weighted by Crippen LogP contribution is 2.36. The summed E-state index contributed by atoms with van der Waals surface area (Å²) in [6.07, 6.45) is 8.90. The van der Waals surface area contributed by atoms with Crippen LogP contribution < -0.4 is 5.32 Å². The molecule has 2 aliphatic carbocycles. The fourth-order valence-electron chi connectivity index (χ4n) is 3.26. The van der Waals surface area contributed by atoms with Crippen LogP contribution in [0.15, 0.2) is 0 Å². The van der Waals surface area contributed by atoms with Gasteiger partial charge in [0.05, 0.1) is 11.5 Å². The molecule has 2 aliphatic rings. The minimum atomic E-state index is -0.783. The van der Waals surface area contributed by atoms with Gasteiger partial charge in [0.15, 0.2) is 0 Å². The summed E-state index contributed by atoms with van der Waals surface area (Å²) < 4.78 is 5.54. The highest BCUT2D eigenvalue weighted by Gasteiger charge is 2.39. The third kappa shape index (κ3) is 3.95. The Morgan fingerprint density at radius 2 is 1.75 bits per heavy atom. The standard InChI is InChI=1S/C15H25NO4/c17-13(10-20-12-6-2-3-7-12)16-11-15(14(18)19)8-4-1-5-9-15/h12H,1-11H2,(H,16,17)(H,18,19). The van der Waals surface area contributed by atoms with Crippen molar-refractivity contribution in [3.8, 4) is 0 Å². The fourth-order valence-corrected chi connectivity index (χ4v) is 3.26. The van der Waals surface area contributed by atoms with Crippen LogP contribution >= 0.6 is 0 Å². The second-order valence-electron chi connectivity index (χ2n) is 6.14. The number of nitrogens with one attached hydrogen (secondary N) is 1. The lowest BCUT2D eigenvalue weighted by molar-refractivity contribution is -0.151. The molecular formula is C15H25NO4. The lowest BCUT2D eigenvalue weighted by Crippen LogP contribution is -2.45. The van der Waals surface area contributed by atoms with Gasteiger partial charge in [-0.15, -0.1) is 0 Å². The van der Waals surface area contributed by atoms with Gasteiger partial charge >= 0.3 is 5.97 Å². The van der Waals surface area contributed by atoms with Crippen LogP contribution in [-0.4, -0.2) is 36.2 Å². The van der Waals surface area contributed by atoms with E-state index in [0.717, 1.165) is 32.1 Å². The van der Waals surface area contributed by atoms with Gasteiger partial charge in [0, 0.05) is 6.54 Å². The number of amides is 1. The van der Waals surface area contributed by atoms with Crippen LogP contribution in [0.1, 0.15) is 57.8 Å². The molecule has 5 heteroatoms. The zero-order chi connectivity index (χ0) is 14.4. The van der Waals surface area contributed by atoms with Crippen molar-refractivity contribution in [3.63, 3.8) is 0 Å². The quantitative estimate of drug-likeness (QED) is 0.782. The van der Waals surface area contributed by atoms with Gasteiger partial charge < -0.3 is 15.2 Å². The molecule has 0 aliphatic heterocycles. The molecule has 0 bridgehead atoms. The number of carboxylic acids is 1. The lowest BCUT2D eigenvalue weighted by Gasteiger charge is -2.33. The van der Waals surface area contributed by atoms with Gasteiger partial charge in [0.1, 0.15) is 6.61 Å². The first-order valence-electron chi connectivity index (χ1n) is 7.74. The lowest BCUT2D eigenvalue weighted by atomic mass is 9.74. The van der Waals surface area contributed by atoms with Crippen molar-refractivity contribution in [1.82, 2.24) is 5.32 Å². The Kier molecular flexibility index (Phi) is 5.40. The predicted molar refractivity (Wildman–Crippen MR) is 74.4 cm³/mol. The summed E-state index contributed by atoms with van der Waals surface area (Å²) in [5, 5.41) is 12.2. The Morgan fingerprint density at radius 3 is 2.35 bits per heavy atom. The van der Waals surface area contributed by atoms with Crippen LogP contribution in [0, 0.1) is 5.41 Å². The average molecular weight is 283 g/mol. The molecule has 2 rings (SSSR count). The first kappa shape index (κ1) is 15.3. The summed E-state index contributed by atoms with van der Waals surface area (Å²) >= 11 is 0. The van der Waals surface area contributed by atoms with E-state index in [1.807, 2.05) is 0 Å². The maximum atomic E-state index is 11.8. The monoisotopic (exact) mass is 283 g/mol. The topological polar surface area (TPSA) is 75.6 Å². The molecule has 0 atom stereocenters. The largest absolute Gasteiger partial charge is 0.481 e. The van der Waals surface area contributed by atoms with Crippen LogP contribution in [0.5, 0.6) is 0 Å². The first-order chi connectivity index (χ1) is 9.62. The highest BCUT2D eigenvalue weighted by atomic mass is 16.5. The Bertz CT molecular complexity index is 344. The summed E-state index contributed by atoms with van der Waals surface area (Å²) in [5.74, 6) is -0.975. The van der Waals surface area contributed by atoms with Crippen LogP contribution in [0.4, 0.5) is 0 Å². The Morgan fingerprint density at radius 1 is 1.10 bits per heavy atom. The molecule has 0 spiro atoms. The highest BCUT2D eigenvalue weighted by molar-refractivity contribution is 5.79. The molecule has 0 aromatic rings. The van der Waals surface area contributed by atoms with Crippen molar-refractivity contribution in [3.05, 3.63) is 0 Å². The molecule has 114 valence electrons. The maximum Gasteiger partial charge on any atom is 0.311 e. The van der Waals surface area contributed by atoms with Crippen molar-refractivity contribution in [2.75, 3.05) is 13.2 Å². The van der Waals surface area contributed by atoms with E-state index in [4.69, 9.17) is 4.74 Å². The van der Waals surface area contributed by atoms with Crippen LogP contribution in [0.25, 0.3) is 0 Å². The number of hydrogen-bond acceptors (Lipinski definition) is 3. The number of ether oxygens (including phenoxy) is 1. The zero-order valence-corrected chi connectivity index (χ0v) is 12.0. The SMILES string of the molecule is O=C(COC1CCCC1)NCC1(C(=O)O)CCCCC1. The molecule has 2 saturated carbocycles. The molecule has 5 nitrogen and oxygen atoms in total. The van der Waals surface area contributed by atoms with E-state index in [1.165, 1.54) is 12.8 Å². The van der Waals surface area contributed by atoms with Gasteiger partial charge in [-0.05, 0) is 25.7 Å². The Balaban J connectivity index is 1.74. The van der Waals surface area contributed by atoms with Gasteiger partial charge in [-0.3, -0.25) is 9.59 Å². The molecule has 0 heterocycles. The summed E-state index contributed by atoms with van der Waals surface area (Å²) in [6, 6.07) is 0. The van der Waals surface area contributed by atoms with Crippen molar-refractivity contribution in [1.29, 1.82) is 0 Å². The van der Waals surface area contributed by atoms with Gasteiger partial charge in [-0.25, -0.2) is 0 Å². The van der Waals surface area contributed by atoms with E-state index < -0.39 is 11.4 Å². The second-order valence-corrected chi connectivity index (χ2v) is 6.14. The van der Waals surface area contributed by atoms with Crippen molar-refractivity contribution in [2.24, 2.45) is 5.41 Å². The normalized spacial score (nSPS) is 22.6. The summed E-state index contributed by atoms with van der Waals surface area (Å²) in [5.41, 5.74) is -0.763. The third-order valence-electron chi connectivity index (χ3n) is 4.64. The Hall–Kier alpha value is -1.10. The van der Waals surface area contributed by atoms with Gasteiger partial charge in [0.25, 0.3) is 0 Å². The second kappa shape index (κ2) is 7.07. The summed E-state index contributed by atoms with van der Waals surface area (Å²) in [7, 11) is 0. The third-order valence-corrected chi connectivity index (χ3v) is 4.64.